The van der Waals surface area contributed by atoms with E-state index in [1.807, 2.05) is 29.2 Å². The fourth-order valence-electron chi connectivity index (χ4n) is 3.86. The molecular formula is C22H35ClN4O4. The van der Waals surface area contributed by atoms with Crippen LogP contribution in [-0.2, 0) is 9.63 Å². The van der Waals surface area contributed by atoms with Crippen LogP contribution in [0, 0.1) is 10.1 Å². The molecule has 1 heterocycles. The molecule has 1 aliphatic rings. The highest BCUT2D eigenvalue weighted by Crippen LogP contribution is 2.19. The molecule has 31 heavy (non-hydrogen) atoms. The summed E-state index contributed by atoms with van der Waals surface area (Å²) in [5, 5.41) is 10.0. The van der Waals surface area contributed by atoms with E-state index in [0.29, 0.717) is 5.02 Å². The van der Waals surface area contributed by atoms with Crippen molar-refractivity contribution in [2.24, 2.45) is 0 Å². The first-order valence-corrected chi connectivity index (χ1v) is 11.6. The van der Waals surface area contributed by atoms with E-state index in [0.717, 1.165) is 90.0 Å². The highest BCUT2D eigenvalue weighted by molar-refractivity contribution is 6.30. The summed E-state index contributed by atoms with van der Waals surface area (Å²) in [5.41, 5.74) is 0.899. The fourth-order valence-corrected chi connectivity index (χ4v) is 3.99. The second kappa shape index (κ2) is 14.2. The second-order valence-electron chi connectivity index (χ2n) is 8.01. The Morgan fingerprint density at radius 3 is 2.10 bits per heavy atom. The SMILES string of the molecule is CC(=O)N(CCCCN1CCN(CCCCCCO[N+](=O)[O-])CC1)c1ccc(Cl)cc1. The van der Waals surface area contributed by atoms with Gasteiger partial charge in [-0.2, -0.15) is 0 Å². The molecule has 8 nitrogen and oxygen atoms in total. The maximum Gasteiger partial charge on any atom is 0.294 e. The van der Waals surface area contributed by atoms with E-state index in [9.17, 15) is 14.9 Å². The van der Waals surface area contributed by atoms with Crippen LogP contribution < -0.4 is 4.90 Å². The predicted molar refractivity (Wildman–Crippen MR) is 123 cm³/mol. The average Bonchev–Trinajstić information content (AvgIpc) is 2.74. The van der Waals surface area contributed by atoms with Gasteiger partial charge in [-0.05, 0) is 63.0 Å². The normalized spacial score (nSPS) is 15.0. The quantitative estimate of drug-likeness (QED) is 0.241. The largest absolute Gasteiger partial charge is 0.314 e. The molecule has 0 aliphatic carbocycles. The summed E-state index contributed by atoms with van der Waals surface area (Å²) in [6, 6.07) is 7.42. The molecule has 1 saturated heterocycles. The minimum absolute atomic E-state index is 0.0567. The van der Waals surface area contributed by atoms with Gasteiger partial charge in [0.25, 0.3) is 5.09 Å². The van der Waals surface area contributed by atoms with Crippen molar-refractivity contribution in [1.29, 1.82) is 0 Å². The molecule has 1 aromatic rings. The van der Waals surface area contributed by atoms with Gasteiger partial charge in [-0.25, -0.2) is 0 Å². The zero-order valence-electron chi connectivity index (χ0n) is 18.5. The molecule has 0 saturated carbocycles. The molecule has 0 aromatic heterocycles. The lowest BCUT2D eigenvalue weighted by Gasteiger charge is -2.34. The molecule has 0 unspecified atom stereocenters. The zero-order valence-corrected chi connectivity index (χ0v) is 19.3. The number of hydrogen-bond donors (Lipinski definition) is 0. The van der Waals surface area contributed by atoms with Gasteiger partial charge >= 0.3 is 0 Å². The molecular weight excluding hydrogens is 420 g/mol. The number of nitrogens with zero attached hydrogens (tertiary/aromatic N) is 4. The third-order valence-electron chi connectivity index (χ3n) is 5.65. The van der Waals surface area contributed by atoms with E-state index < -0.39 is 5.09 Å². The minimum Gasteiger partial charge on any atom is -0.314 e. The Kier molecular flexibility index (Phi) is 11.6. The van der Waals surface area contributed by atoms with Crippen LogP contribution in [0.25, 0.3) is 0 Å². The van der Waals surface area contributed by atoms with Crippen LogP contribution in [0.2, 0.25) is 5.02 Å². The van der Waals surface area contributed by atoms with Crippen molar-refractivity contribution in [2.75, 3.05) is 57.3 Å². The molecule has 1 aliphatic heterocycles. The Labute approximate surface area is 190 Å². The van der Waals surface area contributed by atoms with Gasteiger partial charge in [0.2, 0.25) is 5.91 Å². The molecule has 174 valence electrons. The molecule has 1 amide bonds. The number of hydrogen-bond acceptors (Lipinski definition) is 6. The van der Waals surface area contributed by atoms with E-state index in [-0.39, 0.29) is 12.5 Å². The first-order chi connectivity index (χ1) is 15.0. The van der Waals surface area contributed by atoms with E-state index in [1.165, 1.54) is 0 Å². The lowest BCUT2D eigenvalue weighted by atomic mass is 10.2. The third-order valence-corrected chi connectivity index (χ3v) is 5.91. The highest BCUT2D eigenvalue weighted by atomic mass is 35.5. The number of rotatable bonds is 14. The Hall–Kier alpha value is -1.90. The molecule has 0 spiro atoms. The summed E-state index contributed by atoms with van der Waals surface area (Å²) in [6.45, 7) is 9.06. The summed E-state index contributed by atoms with van der Waals surface area (Å²) in [4.78, 5) is 33.2. The lowest BCUT2D eigenvalue weighted by molar-refractivity contribution is -0.757. The van der Waals surface area contributed by atoms with Gasteiger partial charge < -0.3 is 19.5 Å². The Bertz CT molecular complexity index is 666. The van der Waals surface area contributed by atoms with Gasteiger partial charge in [0.15, 0.2) is 0 Å². The summed E-state index contributed by atoms with van der Waals surface area (Å²) < 4.78 is 0. The zero-order chi connectivity index (χ0) is 22.5. The fraction of sp³-hybridized carbons (Fsp3) is 0.682. The molecule has 0 bridgehead atoms. The summed E-state index contributed by atoms with van der Waals surface area (Å²) in [7, 11) is 0. The molecule has 1 aromatic carbocycles. The van der Waals surface area contributed by atoms with Gasteiger partial charge in [0, 0.05) is 50.4 Å². The first-order valence-electron chi connectivity index (χ1n) is 11.2. The molecule has 1 fully saturated rings. The van der Waals surface area contributed by atoms with Gasteiger partial charge in [0.1, 0.15) is 0 Å². The Morgan fingerprint density at radius 1 is 1.00 bits per heavy atom. The van der Waals surface area contributed by atoms with Crippen LogP contribution in [0.15, 0.2) is 24.3 Å². The Balaban J connectivity index is 1.53. The van der Waals surface area contributed by atoms with Crippen molar-refractivity contribution in [3.63, 3.8) is 0 Å². The van der Waals surface area contributed by atoms with Crippen molar-refractivity contribution in [3.8, 4) is 0 Å². The van der Waals surface area contributed by atoms with Gasteiger partial charge in [-0.3, -0.25) is 4.79 Å². The van der Waals surface area contributed by atoms with Crippen molar-refractivity contribution in [2.45, 2.75) is 45.4 Å². The minimum atomic E-state index is -0.724. The van der Waals surface area contributed by atoms with E-state index in [4.69, 9.17) is 11.6 Å². The van der Waals surface area contributed by atoms with Crippen molar-refractivity contribution < 1.29 is 14.7 Å². The van der Waals surface area contributed by atoms with E-state index >= 15 is 0 Å². The third kappa shape index (κ3) is 10.3. The number of carbonyl (C=O) groups is 1. The number of anilines is 1. The average molecular weight is 455 g/mol. The van der Waals surface area contributed by atoms with Crippen LogP contribution in [0.3, 0.4) is 0 Å². The van der Waals surface area contributed by atoms with Crippen molar-refractivity contribution >= 4 is 23.2 Å². The maximum absolute atomic E-state index is 12.0. The summed E-state index contributed by atoms with van der Waals surface area (Å²) in [6.07, 6.45) is 5.98. The number of halogens is 1. The topological polar surface area (TPSA) is 79.2 Å². The number of amides is 1. The van der Waals surface area contributed by atoms with E-state index in [2.05, 4.69) is 14.6 Å². The van der Waals surface area contributed by atoms with Crippen molar-refractivity contribution in [3.05, 3.63) is 39.4 Å². The number of carbonyl (C=O) groups excluding carboxylic acids is 1. The maximum atomic E-state index is 12.0. The predicted octanol–water partition coefficient (Wildman–Crippen LogP) is 3.86. The number of piperazine rings is 1. The molecule has 2 rings (SSSR count). The van der Waals surface area contributed by atoms with E-state index in [1.54, 1.807) is 6.92 Å². The summed E-state index contributed by atoms with van der Waals surface area (Å²) >= 11 is 5.94. The molecule has 0 N–H and O–H groups in total. The highest BCUT2D eigenvalue weighted by Gasteiger charge is 2.16. The van der Waals surface area contributed by atoms with Gasteiger partial charge in [-0.1, -0.05) is 24.4 Å². The molecule has 0 atom stereocenters. The van der Waals surface area contributed by atoms with Crippen LogP contribution in [-0.4, -0.2) is 73.2 Å². The lowest BCUT2D eigenvalue weighted by Crippen LogP contribution is -2.46. The van der Waals surface area contributed by atoms with Crippen LogP contribution in [0.1, 0.15) is 45.4 Å². The smallest absolute Gasteiger partial charge is 0.294 e. The standard InChI is InChI=1S/C22H35ClN4O4/c1-20(28)26(22-10-8-21(23)9-11-22)14-6-5-13-25-17-15-24(16-18-25)12-4-2-3-7-19-31-27(29)30/h8-11H,2-7,12-19H2,1H3. The second-order valence-corrected chi connectivity index (χ2v) is 8.44. The monoisotopic (exact) mass is 454 g/mol. The van der Waals surface area contributed by atoms with Crippen molar-refractivity contribution in [1.82, 2.24) is 9.80 Å². The van der Waals surface area contributed by atoms with Gasteiger partial charge in [-0.15, -0.1) is 10.1 Å². The van der Waals surface area contributed by atoms with Crippen LogP contribution >= 0.6 is 11.6 Å². The van der Waals surface area contributed by atoms with Gasteiger partial charge in [0.05, 0.1) is 6.61 Å². The van der Waals surface area contributed by atoms with Crippen LogP contribution in [0.4, 0.5) is 5.69 Å². The molecule has 0 radical (unpaired) electrons. The first kappa shape index (κ1) is 25.4. The number of benzene rings is 1. The summed E-state index contributed by atoms with van der Waals surface area (Å²) in [5.74, 6) is 0.0567. The molecule has 9 heteroatoms. The number of unbranched alkanes of at least 4 members (excludes halogenated alkanes) is 4. The Morgan fingerprint density at radius 2 is 1.55 bits per heavy atom. The van der Waals surface area contributed by atoms with Crippen LogP contribution in [0.5, 0.6) is 0 Å².